The SMILES string of the molecule is CCNC(=NCC(C)c1ccccc1OC)NCCC(F)(F)F. The Hall–Kier alpha value is -1.92. The first kappa shape index (κ1) is 19.1. The lowest BCUT2D eigenvalue weighted by Crippen LogP contribution is -2.39. The average molecular weight is 331 g/mol. The van der Waals surface area contributed by atoms with E-state index in [1.807, 2.05) is 38.1 Å². The molecule has 0 spiro atoms. The largest absolute Gasteiger partial charge is 0.496 e. The van der Waals surface area contributed by atoms with Gasteiger partial charge >= 0.3 is 6.18 Å². The number of hydrogen-bond donors (Lipinski definition) is 2. The molecule has 1 atom stereocenters. The van der Waals surface area contributed by atoms with Crippen molar-refractivity contribution in [1.82, 2.24) is 10.6 Å². The van der Waals surface area contributed by atoms with Gasteiger partial charge in [0.1, 0.15) is 5.75 Å². The van der Waals surface area contributed by atoms with E-state index in [-0.39, 0.29) is 12.5 Å². The Morgan fingerprint density at radius 2 is 1.96 bits per heavy atom. The summed E-state index contributed by atoms with van der Waals surface area (Å²) in [6, 6.07) is 7.65. The van der Waals surface area contributed by atoms with E-state index in [4.69, 9.17) is 4.74 Å². The Morgan fingerprint density at radius 3 is 2.57 bits per heavy atom. The van der Waals surface area contributed by atoms with Crippen molar-refractivity contribution in [3.63, 3.8) is 0 Å². The molecule has 1 aromatic carbocycles. The number of methoxy groups -OCH3 is 1. The molecule has 7 heteroatoms. The number of nitrogens with zero attached hydrogens (tertiary/aromatic N) is 1. The summed E-state index contributed by atoms with van der Waals surface area (Å²) in [5.74, 6) is 1.26. The molecule has 0 saturated heterocycles. The van der Waals surface area contributed by atoms with Crippen molar-refractivity contribution < 1.29 is 17.9 Å². The van der Waals surface area contributed by atoms with Crippen LogP contribution in [0.1, 0.15) is 31.7 Å². The Bertz CT molecular complexity index is 504. The molecule has 1 rings (SSSR count). The van der Waals surface area contributed by atoms with Crippen LogP contribution in [0.5, 0.6) is 5.75 Å². The van der Waals surface area contributed by atoms with E-state index < -0.39 is 12.6 Å². The molecule has 0 saturated carbocycles. The number of alkyl halides is 3. The molecule has 0 aliphatic heterocycles. The molecule has 0 aromatic heterocycles. The van der Waals surface area contributed by atoms with Crippen molar-refractivity contribution in [2.24, 2.45) is 4.99 Å². The minimum absolute atomic E-state index is 0.0872. The zero-order valence-electron chi connectivity index (χ0n) is 13.7. The summed E-state index contributed by atoms with van der Waals surface area (Å²) in [6.45, 7) is 4.70. The van der Waals surface area contributed by atoms with Crippen LogP contribution in [0.25, 0.3) is 0 Å². The summed E-state index contributed by atoms with van der Waals surface area (Å²) in [7, 11) is 1.61. The molecule has 4 nitrogen and oxygen atoms in total. The highest BCUT2D eigenvalue weighted by Gasteiger charge is 2.26. The summed E-state index contributed by atoms with van der Waals surface area (Å²) >= 11 is 0. The van der Waals surface area contributed by atoms with Crippen LogP contribution in [0.4, 0.5) is 13.2 Å². The fraction of sp³-hybridized carbons (Fsp3) is 0.562. The first-order chi connectivity index (χ1) is 10.9. The Morgan fingerprint density at radius 1 is 1.26 bits per heavy atom. The highest BCUT2D eigenvalue weighted by Crippen LogP contribution is 2.26. The van der Waals surface area contributed by atoms with Crippen LogP contribution in [0.15, 0.2) is 29.3 Å². The summed E-state index contributed by atoms with van der Waals surface area (Å²) in [5.41, 5.74) is 1.02. The molecule has 0 heterocycles. The van der Waals surface area contributed by atoms with Gasteiger partial charge in [0, 0.05) is 25.6 Å². The zero-order chi connectivity index (χ0) is 17.3. The molecule has 1 unspecified atom stereocenters. The van der Waals surface area contributed by atoms with Crippen LogP contribution in [0, 0.1) is 0 Å². The van der Waals surface area contributed by atoms with Gasteiger partial charge in [-0.2, -0.15) is 13.2 Å². The van der Waals surface area contributed by atoms with Crippen molar-refractivity contribution in [3.8, 4) is 5.75 Å². The van der Waals surface area contributed by atoms with Gasteiger partial charge < -0.3 is 15.4 Å². The summed E-state index contributed by atoms with van der Waals surface area (Å²) in [5, 5.41) is 5.64. The van der Waals surface area contributed by atoms with Gasteiger partial charge in [0.25, 0.3) is 0 Å². The number of ether oxygens (including phenoxy) is 1. The first-order valence-electron chi connectivity index (χ1n) is 7.59. The molecule has 0 bridgehead atoms. The van der Waals surface area contributed by atoms with Crippen molar-refractivity contribution in [1.29, 1.82) is 0 Å². The molecule has 2 N–H and O–H groups in total. The Labute approximate surface area is 135 Å². The predicted octanol–water partition coefficient (Wildman–Crippen LogP) is 3.31. The summed E-state index contributed by atoms with van der Waals surface area (Å²) in [4.78, 5) is 4.36. The molecule has 1 aromatic rings. The molecule has 0 aliphatic rings. The lowest BCUT2D eigenvalue weighted by molar-refractivity contribution is -0.132. The monoisotopic (exact) mass is 331 g/mol. The molecule has 0 radical (unpaired) electrons. The van der Waals surface area contributed by atoms with Crippen LogP contribution >= 0.6 is 0 Å². The number of aliphatic imine (C=N–C) groups is 1. The van der Waals surface area contributed by atoms with Crippen LogP contribution < -0.4 is 15.4 Å². The van der Waals surface area contributed by atoms with Crippen LogP contribution in [0.2, 0.25) is 0 Å². The van der Waals surface area contributed by atoms with Gasteiger partial charge in [0.05, 0.1) is 13.5 Å². The van der Waals surface area contributed by atoms with Gasteiger partial charge in [0.15, 0.2) is 5.96 Å². The number of rotatable bonds is 7. The third-order valence-electron chi connectivity index (χ3n) is 3.24. The number of halogens is 3. The normalized spacial score (nSPS) is 13.6. The van der Waals surface area contributed by atoms with E-state index in [1.165, 1.54) is 0 Å². The van der Waals surface area contributed by atoms with Crippen LogP contribution in [0.3, 0.4) is 0 Å². The second kappa shape index (κ2) is 9.27. The van der Waals surface area contributed by atoms with Gasteiger partial charge in [-0.15, -0.1) is 0 Å². The third-order valence-corrected chi connectivity index (χ3v) is 3.24. The second-order valence-corrected chi connectivity index (χ2v) is 5.15. The fourth-order valence-electron chi connectivity index (χ4n) is 2.06. The molecule has 0 aliphatic carbocycles. The maximum absolute atomic E-state index is 12.2. The minimum Gasteiger partial charge on any atom is -0.496 e. The number of guanidine groups is 1. The van der Waals surface area contributed by atoms with E-state index in [1.54, 1.807) is 7.11 Å². The Balaban J connectivity index is 2.65. The minimum atomic E-state index is -4.17. The molecule has 0 fully saturated rings. The predicted molar refractivity (Wildman–Crippen MR) is 86.1 cm³/mol. The average Bonchev–Trinajstić information content (AvgIpc) is 2.51. The molecular weight excluding hydrogens is 307 g/mol. The maximum atomic E-state index is 12.2. The summed E-state index contributed by atoms with van der Waals surface area (Å²) in [6.07, 6.45) is -5.06. The van der Waals surface area contributed by atoms with E-state index >= 15 is 0 Å². The number of benzene rings is 1. The van der Waals surface area contributed by atoms with Crippen molar-refractivity contribution >= 4 is 5.96 Å². The maximum Gasteiger partial charge on any atom is 0.390 e. The number of para-hydroxylation sites is 1. The first-order valence-corrected chi connectivity index (χ1v) is 7.59. The van der Waals surface area contributed by atoms with E-state index in [2.05, 4.69) is 15.6 Å². The quantitative estimate of drug-likeness (QED) is 0.595. The van der Waals surface area contributed by atoms with Crippen LogP contribution in [-0.2, 0) is 0 Å². The molecule has 0 amide bonds. The van der Waals surface area contributed by atoms with E-state index in [0.29, 0.717) is 19.0 Å². The fourth-order valence-corrected chi connectivity index (χ4v) is 2.06. The lowest BCUT2D eigenvalue weighted by atomic mass is 10.0. The highest BCUT2D eigenvalue weighted by atomic mass is 19.4. The van der Waals surface area contributed by atoms with E-state index in [9.17, 15) is 13.2 Å². The van der Waals surface area contributed by atoms with Crippen LogP contribution in [-0.4, -0.2) is 38.9 Å². The van der Waals surface area contributed by atoms with Crippen molar-refractivity contribution in [2.45, 2.75) is 32.4 Å². The van der Waals surface area contributed by atoms with Crippen molar-refractivity contribution in [3.05, 3.63) is 29.8 Å². The van der Waals surface area contributed by atoms with Crippen molar-refractivity contribution in [2.75, 3.05) is 26.7 Å². The van der Waals surface area contributed by atoms with Gasteiger partial charge in [0.2, 0.25) is 0 Å². The third kappa shape index (κ3) is 7.25. The smallest absolute Gasteiger partial charge is 0.390 e. The number of hydrogen-bond acceptors (Lipinski definition) is 2. The zero-order valence-corrected chi connectivity index (χ0v) is 13.7. The van der Waals surface area contributed by atoms with Gasteiger partial charge in [-0.05, 0) is 18.6 Å². The van der Waals surface area contributed by atoms with Gasteiger partial charge in [-0.3, -0.25) is 4.99 Å². The highest BCUT2D eigenvalue weighted by molar-refractivity contribution is 5.79. The second-order valence-electron chi connectivity index (χ2n) is 5.15. The Kier molecular flexibility index (Phi) is 7.71. The molecule has 130 valence electrons. The topological polar surface area (TPSA) is 45.7 Å². The summed E-state index contributed by atoms with van der Waals surface area (Å²) < 4.78 is 41.9. The van der Waals surface area contributed by atoms with Gasteiger partial charge in [-0.1, -0.05) is 25.1 Å². The molecule has 23 heavy (non-hydrogen) atoms. The van der Waals surface area contributed by atoms with Gasteiger partial charge in [-0.25, -0.2) is 0 Å². The number of nitrogens with one attached hydrogen (secondary N) is 2. The lowest BCUT2D eigenvalue weighted by Gasteiger charge is -2.16. The molecular formula is C16H24F3N3O. The standard InChI is InChI=1S/C16H24F3N3O/c1-4-20-15(21-10-9-16(17,18)19)22-11-12(2)13-7-5-6-8-14(13)23-3/h5-8,12H,4,9-11H2,1-3H3,(H2,20,21,22). The van der Waals surface area contributed by atoms with E-state index in [0.717, 1.165) is 11.3 Å².